The van der Waals surface area contributed by atoms with Crippen LogP contribution in [0.25, 0.3) is 0 Å². The van der Waals surface area contributed by atoms with Crippen LogP contribution in [-0.2, 0) is 85.6 Å². The van der Waals surface area contributed by atoms with Crippen LogP contribution in [0, 0.1) is 0 Å². The van der Waals surface area contributed by atoms with Crippen molar-refractivity contribution in [3.05, 3.63) is 0 Å². The first kappa shape index (κ1) is 147. The molecule has 0 rings (SSSR count). The number of aliphatic carboxylic acids is 6. The number of carboxylic acid groups (broad SMARTS) is 6. The molecule has 0 aromatic carbocycles. The number of carbonyl (C=O) groups is 6. The van der Waals surface area contributed by atoms with E-state index in [-0.39, 0.29) is 13.2 Å². The first-order valence-electron chi connectivity index (χ1n) is 48.7. The van der Waals surface area contributed by atoms with Crippen molar-refractivity contribution in [3.63, 3.8) is 0 Å². The van der Waals surface area contributed by atoms with E-state index in [1.807, 2.05) is 0 Å². The van der Waals surface area contributed by atoms with Gasteiger partial charge in [-0.15, -0.1) is 0 Å². The molecule has 0 aliphatic rings. The number of carbonyl (C=O) groups excluding carboxylic acids is 6. The van der Waals surface area contributed by atoms with Crippen LogP contribution in [0.15, 0.2) is 0 Å². The predicted molar refractivity (Wildman–Crippen MR) is 534 cm³/mol. The Bertz CT molecular complexity index is 1850. The zero-order valence-electron chi connectivity index (χ0n) is 83.2. The summed E-state index contributed by atoms with van der Waals surface area (Å²) >= 11 is 28.8. The van der Waals surface area contributed by atoms with Crippen LogP contribution < -0.4 is 30.6 Å². The molecule has 26 nitrogen and oxygen atoms in total. The van der Waals surface area contributed by atoms with E-state index in [1.165, 1.54) is 34.6 Å². The van der Waals surface area contributed by atoms with E-state index < -0.39 is 64.3 Å². The van der Waals surface area contributed by atoms with Gasteiger partial charge in [0.15, 0.2) is 0 Å². The molecule has 0 aliphatic heterocycles. The molecule has 0 aromatic heterocycles. The van der Waals surface area contributed by atoms with E-state index in [4.69, 9.17) is 67.1 Å². The molecule has 0 heterocycles. The van der Waals surface area contributed by atoms with Gasteiger partial charge in [0.25, 0.3) is 0 Å². The standard InChI is InChI=1S/6C14H28O4S.2C4H9.C3H8O2.2Sn/c6*1-3-5-9-17-11-7-14(19,13(15)16)8-12-18-10-6-4-2;2*1-3-4-2;4-2-1-3-5;;/h6*19H,3-12H2,1-2H3,(H,15,16);2*1,3-4H2,2H3;4-5H,1-3H2;;/q;;;;;;;;;2*+3/p-6. The SMILES string of the molecule is CCCCOCCC(S)(CCOCCCC)C(=O)[O-].CCCCOCCC(S)(CCOCCCC)C(=O)[O-].CCCCOCCC(S)(CCOCCCC)C(=O)[O-].CCCCOCCC(S)(CCOCCCC)C(=O)[O-].CCCCOCCC(S)(CCOCCCC)C(=O)[O-].CCCCOCCC(S)(CCOCCCC)C(=O)[O-].CCC[CH2][Sn+3].CCC[CH2][Sn+3].OCCCO. The summed E-state index contributed by atoms with van der Waals surface area (Å²) in [6.45, 7) is 42.4. The number of ether oxygens (including phenoxy) is 12. The van der Waals surface area contributed by atoms with Gasteiger partial charge in [-0.25, -0.2) is 0 Å². The van der Waals surface area contributed by atoms with Gasteiger partial charge in [-0.05, 0) is 161 Å². The Morgan fingerprint density at radius 3 is 0.333 bits per heavy atom. The van der Waals surface area contributed by atoms with Crippen LogP contribution >= 0.6 is 75.8 Å². The van der Waals surface area contributed by atoms with Crippen LogP contribution in [-0.4, -0.2) is 291 Å². The minimum absolute atomic E-state index is 0.0938. The van der Waals surface area contributed by atoms with E-state index in [2.05, 4.69) is 173 Å². The van der Waals surface area contributed by atoms with Gasteiger partial charge in [0.2, 0.25) is 0 Å². The van der Waals surface area contributed by atoms with Crippen LogP contribution in [0.4, 0.5) is 0 Å². The molecule has 0 bridgehead atoms. The van der Waals surface area contributed by atoms with E-state index in [0.29, 0.717) is 242 Å². The van der Waals surface area contributed by atoms with Crippen LogP contribution in [0.3, 0.4) is 0 Å². The minimum Gasteiger partial charge on any atom is -0.396 e. The summed E-state index contributed by atoms with van der Waals surface area (Å²) in [5.41, 5.74) is 0. The van der Waals surface area contributed by atoms with E-state index >= 15 is 0 Å². The second-order valence-corrected chi connectivity index (χ2v) is 39.5. The quantitative estimate of drug-likeness (QED) is 0.0159. The van der Waals surface area contributed by atoms with Gasteiger partial charge < -0.3 is 126 Å². The van der Waals surface area contributed by atoms with Crippen molar-refractivity contribution < 1.29 is 126 Å². The number of aliphatic hydroxyl groups is 2. The van der Waals surface area contributed by atoms with E-state index in [1.54, 1.807) is 45.0 Å². The summed E-state index contributed by atoms with van der Waals surface area (Å²) in [5.74, 6) is -6.87. The summed E-state index contributed by atoms with van der Waals surface area (Å²) in [6, 6.07) is 0. The Morgan fingerprint density at radius 1 is 0.194 bits per heavy atom. The summed E-state index contributed by atoms with van der Waals surface area (Å²) in [6.07, 6.45) is 34.9. The molecule has 768 valence electrons. The molecule has 0 unspecified atom stereocenters. The van der Waals surface area contributed by atoms with Crippen molar-refractivity contribution in [2.75, 3.05) is 172 Å². The van der Waals surface area contributed by atoms with Crippen molar-refractivity contribution in [2.24, 2.45) is 0 Å². The van der Waals surface area contributed by atoms with E-state index in [0.717, 1.165) is 154 Å². The number of carboxylic acids is 6. The molecule has 0 saturated carbocycles. The third-order valence-corrected chi connectivity index (χ3v) is 25.1. The molecule has 0 aromatic rings. The fourth-order valence-electron chi connectivity index (χ4n) is 9.47. The van der Waals surface area contributed by atoms with Gasteiger partial charge in [0, 0.05) is 172 Å². The summed E-state index contributed by atoms with van der Waals surface area (Å²) in [5, 5.41) is 82.8. The van der Waals surface area contributed by atoms with Crippen LogP contribution in [0.2, 0.25) is 8.87 Å². The normalized spacial score (nSPS) is 11.4. The average Bonchev–Trinajstić information content (AvgIpc) is 0.911. The number of rotatable bonds is 84. The zero-order chi connectivity index (χ0) is 99.7. The van der Waals surface area contributed by atoms with Crippen molar-refractivity contribution in [1.82, 2.24) is 0 Å². The fraction of sp³-hybridized carbons (Fsp3) is 0.937. The first-order valence-corrected chi connectivity index (χ1v) is 55.4. The van der Waals surface area contributed by atoms with Gasteiger partial charge in [0.1, 0.15) is 0 Å². The van der Waals surface area contributed by atoms with Gasteiger partial charge in [-0.3, -0.25) is 0 Å². The Kier molecular flexibility index (Phi) is 129. The minimum atomic E-state index is -1.15. The van der Waals surface area contributed by atoms with Gasteiger partial charge in [0.05, 0.1) is 64.3 Å². The van der Waals surface area contributed by atoms with Crippen molar-refractivity contribution >= 4 is 157 Å². The smallest absolute Gasteiger partial charge is 0.0452 e. The molecule has 0 spiro atoms. The topological polar surface area (TPSA) is 392 Å². The molecular formula is C95H188O26S6Sn2. The fourth-order valence-corrected chi connectivity index (χ4v) is 12.6. The molecule has 0 radical (unpaired) electrons. The number of unbranched alkanes of at least 4 members (excludes halogenated alkanes) is 14. The zero-order valence-corrected chi connectivity index (χ0v) is 94.2. The molecule has 34 heteroatoms. The molecular weight excluding hydrogens is 1990 g/mol. The maximum absolute atomic E-state index is 11.2. The number of aliphatic hydroxyl groups excluding tert-OH is 2. The maximum Gasteiger partial charge on any atom is 0.0452 e. The summed E-state index contributed by atoms with van der Waals surface area (Å²) < 4.78 is 60.5. The summed E-state index contributed by atoms with van der Waals surface area (Å²) in [7, 11) is 0. The average molecular weight is 2180 g/mol. The van der Waals surface area contributed by atoms with Crippen LogP contribution in [0.5, 0.6) is 0 Å². The Hall–Kier alpha value is -0.0426. The maximum atomic E-state index is 11.2. The van der Waals surface area contributed by atoms with Gasteiger partial charge >= 0.3 is 93.5 Å². The van der Waals surface area contributed by atoms with Gasteiger partial charge in [-0.1, -0.05) is 160 Å². The van der Waals surface area contributed by atoms with Crippen molar-refractivity contribution in [3.8, 4) is 0 Å². The monoisotopic (exact) mass is 2180 g/mol. The largest absolute Gasteiger partial charge is 0.396 e. The molecule has 0 atom stereocenters. The number of hydrogen-bond acceptors (Lipinski definition) is 32. The number of thiol groups is 6. The van der Waals surface area contributed by atoms with Crippen molar-refractivity contribution in [2.45, 2.75) is 398 Å². The summed E-state index contributed by atoms with van der Waals surface area (Å²) in [4.78, 5) is 67.0. The number of hydrogen-bond donors (Lipinski definition) is 8. The molecule has 0 amide bonds. The Labute approximate surface area is 845 Å². The third kappa shape index (κ3) is 107. The van der Waals surface area contributed by atoms with Gasteiger partial charge in [-0.2, -0.15) is 75.8 Å². The molecule has 0 fully saturated rings. The molecule has 2 N–H and O–H groups in total. The molecule has 0 saturated heterocycles. The second kappa shape index (κ2) is 113. The molecule has 129 heavy (non-hydrogen) atoms. The Morgan fingerprint density at radius 2 is 0.287 bits per heavy atom. The first-order chi connectivity index (χ1) is 61.6. The molecule has 0 aliphatic carbocycles. The predicted octanol–water partition coefficient (Wildman–Crippen LogP) is 13.0. The second-order valence-electron chi connectivity index (χ2n) is 31.5. The van der Waals surface area contributed by atoms with Crippen molar-refractivity contribution in [1.29, 1.82) is 0 Å². The van der Waals surface area contributed by atoms with Crippen LogP contribution in [0.1, 0.15) is 360 Å². The third-order valence-electron chi connectivity index (χ3n) is 19.3. The van der Waals surface area contributed by atoms with E-state index in [9.17, 15) is 59.4 Å². The Balaban J connectivity index is -0.000000185.